The standard InChI is InChI=1S/C9H9F3N2O2.C9H8F3NO3.CH4.HNO6S.Na/c10-9(11,12)7-2-1-5(4-14-7)3-6(13)8(15)16;10-9(11,12)7-2-1-5(4-13-7)3-6(14)8(15)16;;2-1-5-8(4)7-6-3;/h1-2,4,6H,3,13H2,(H,15,16);1-2,4,6,14H,3H2,(H,15,16);1H4;3H;/q;;;;+1/p-1/t2*6-;;;/m11.../s1. The minimum absolute atomic E-state index is 0. The molecule has 0 saturated heterocycles. The molecule has 2 aromatic heterocycles. The van der Waals surface area contributed by atoms with E-state index >= 15 is 0 Å². The molecule has 232 valence electrons. The van der Waals surface area contributed by atoms with Crippen LogP contribution in [-0.2, 0) is 59.8 Å². The molecule has 42 heavy (non-hydrogen) atoms. The number of aromatic nitrogens is 2. The van der Waals surface area contributed by atoms with E-state index in [4.69, 9.17) is 31.2 Å². The molecule has 0 radical (unpaired) electrons. The van der Waals surface area contributed by atoms with Crippen LogP contribution < -0.4 is 40.5 Å². The quantitative estimate of drug-likeness (QED) is 0.0734. The van der Waals surface area contributed by atoms with Crippen LogP contribution in [-0.4, -0.2) is 53.6 Å². The number of aliphatic carboxylic acids is 2. The smallest absolute Gasteiger partial charge is 0.691 e. The third-order valence-corrected chi connectivity index (χ3v) is 4.24. The van der Waals surface area contributed by atoms with Gasteiger partial charge in [0.05, 0.1) is 0 Å². The van der Waals surface area contributed by atoms with Crippen LogP contribution in [0.4, 0.5) is 26.3 Å². The molecule has 2 heterocycles. The fourth-order valence-electron chi connectivity index (χ4n) is 2.14. The van der Waals surface area contributed by atoms with Crippen LogP contribution in [0, 0.1) is 4.91 Å². The Kier molecular flexibility index (Phi) is 21.8. The zero-order valence-electron chi connectivity index (χ0n) is 20.2. The van der Waals surface area contributed by atoms with Gasteiger partial charge in [0.1, 0.15) is 17.4 Å². The molecule has 0 aliphatic heterocycles. The van der Waals surface area contributed by atoms with E-state index in [9.17, 15) is 40.1 Å². The Labute approximate surface area is 256 Å². The van der Waals surface area contributed by atoms with E-state index in [-0.39, 0.29) is 55.4 Å². The van der Waals surface area contributed by atoms with Crippen molar-refractivity contribution in [3.8, 4) is 0 Å². The van der Waals surface area contributed by atoms with Crippen molar-refractivity contribution in [3.63, 3.8) is 0 Å². The van der Waals surface area contributed by atoms with E-state index in [0.29, 0.717) is 5.56 Å². The average molecular weight is 650 g/mol. The van der Waals surface area contributed by atoms with E-state index in [2.05, 4.69) is 23.6 Å². The molecule has 23 heteroatoms. The minimum Gasteiger partial charge on any atom is -0.691 e. The van der Waals surface area contributed by atoms with Crippen molar-refractivity contribution < 1.29 is 104 Å². The van der Waals surface area contributed by atoms with Crippen LogP contribution in [0.25, 0.3) is 0 Å². The molecule has 5 N–H and O–H groups in total. The van der Waals surface area contributed by atoms with Crippen molar-refractivity contribution in [1.82, 2.24) is 9.97 Å². The van der Waals surface area contributed by atoms with E-state index in [1.54, 1.807) is 5.34 Å². The summed E-state index contributed by atoms with van der Waals surface area (Å²) in [5.41, 5.74) is 3.73. The van der Waals surface area contributed by atoms with Gasteiger partial charge in [-0.1, -0.05) is 19.6 Å². The summed E-state index contributed by atoms with van der Waals surface area (Å²) >= 11 is -2.53. The van der Waals surface area contributed by atoms with Gasteiger partial charge >= 0.3 is 65.2 Å². The van der Waals surface area contributed by atoms with Gasteiger partial charge in [0.2, 0.25) is 0 Å². The number of carbonyl (C=O) groups is 2. The van der Waals surface area contributed by atoms with Crippen molar-refractivity contribution in [2.75, 3.05) is 0 Å². The molecule has 2 rings (SSSR count). The molecule has 2 aromatic rings. The van der Waals surface area contributed by atoms with Gasteiger partial charge < -0.3 is 26.3 Å². The van der Waals surface area contributed by atoms with Crippen LogP contribution in [0.2, 0.25) is 0 Å². The normalized spacial score (nSPS) is 12.7. The number of halogens is 6. The minimum atomic E-state index is -4.52. The number of carboxylic acid groups (broad SMARTS) is 2. The Morgan fingerprint density at radius 3 is 1.67 bits per heavy atom. The summed E-state index contributed by atoms with van der Waals surface area (Å²) in [5, 5.41) is 39.0. The van der Waals surface area contributed by atoms with Gasteiger partial charge in [-0.3, -0.25) is 19.8 Å². The summed E-state index contributed by atoms with van der Waals surface area (Å²) in [6.07, 6.45) is -9.11. The first kappa shape index (κ1) is 43.6. The Balaban J connectivity index is -0.000000560. The molecule has 0 fully saturated rings. The van der Waals surface area contributed by atoms with E-state index in [1.807, 2.05) is 0 Å². The number of hydrogen-bond donors (Lipinski definition) is 4. The number of pyridine rings is 2. The zero-order valence-corrected chi connectivity index (χ0v) is 23.1. The maximum atomic E-state index is 12.1. The molecular weight excluding hydrogens is 629 g/mol. The van der Waals surface area contributed by atoms with E-state index in [1.165, 1.54) is 6.07 Å². The first-order chi connectivity index (χ1) is 18.4. The summed E-state index contributed by atoms with van der Waals surface area (Å²) in [4.78, 5) is 36.0. The van der Waals surface area contributed by atoms with Gasteiger partial charge in [0.25, 0.3) is 0 Å². The third-order valence-electron chi connectivity index (χ3n) is 3.89. The molecule has 0 aromatic carbocycles. The molecular formula is C19H21F6N4NaO11S. The van der Waals surface area contributed by atoms with Crippen LogP contribution in [0.3, 0.4) is 0 Å². The Hall–Kier alpha value is -2.83. The predicted molar refractivity (Wildman–Crippen MR) is 119 cm³/mol. The number of nitrogens with zero attached hydrogens (tertiary/aromatic N) is 3. The molecule has 0 amide bonds. The van der Waals surface area contributed by atoms with Gasteiger partial charge in [-0.2, -0.15) is 30.6 Å². The fraction of sp³-hybridized carbons (Fsp3) is 0.368. The van der Waals surface area contributed by atoms with Gasteiger partial charge in [-0.05, 0) is 29.7 Å². The second-order valence-corrected chi connectivity index (χ2v) is 7.49. The first-order valence-corrected chi connectivity index (χ1v) is 10.7. The summed E-state index contributed by atoms with van der Waals surface area (Å²) < 4.78 is 88.9. The largest absolute Gasteiger partial charge is 1.00 e. The van der Waals surface area contributed by atoms with E-state index in [0.717, 1.165) is 30.6 Å². The summed E-state index contributed by atoms with van der Waals surface area (Å²) in [6, 6.07) is 2.65. The van der Waals surface area contributed by atoms with Crippen LogP contribution in [0.1, 0.15) is 29.9 Å². The number of nitrogens with two attached hydrogens (primary N) is 1. The zero-order chi connectivity index (χ0) is 31.1. The molecule has 0 spiro atoms. The Morgan fingerprint density at radius 2 is 1.38 bits per heavy atom. The van der Waals surface area contributed by atoms with Gasteiger partial charge in [0.15, 0.2) is 11.4 Å². The van der Waals surface area contributed by atoms with Gasteiger partial charge in [-0.15, -0.1) is 9.24 Å². The Morgan fingerprint density at radius 1 is 0.952 bits per heavy atom. The molecule has 1 unspecified atom stereocenters. The summed E-state index contributed by atoms with van der Waals surface area (Å²) in [6.45, 7) is 0. The Bertz CT molecular complexity index is 1040. The number of aliphatic hydroxyl groups excluding tert-OH is 1. The molecule has 15 nitrogen and oxygen atoms in total. The molecule has 0 aliphatic rings. The molecule has 0 bridgehead atoms. The average Bonchev–Trinajstić information content (AvgIpc) is 2.84. The first-order valence-electron chi connectivity index (χ1n) is 9.74. The fourth-order valence-corrected chi connectivity index (χ4v) is 2.26. The van der Waals surface area contributed by atoms with Crippen molar-refractivity contribution >= 4 is 23.3 Å². The third kappa shape index (κ3) is 18.6. The summed E-state index contributed by atoms with van der Waals surface area (Å²) in [7, 11) is 0. The SMILES string of the molecule is C.N[C@H](Cc1ccc(C(F)(F)F)nc1)C(=O)O.O=C(O)[C@H](O)Cc1ccc(C(F)(F)F)nc1.O=NOS(=O)OO[O-].[Na+]. The van der Waals surface area contributed by atoms with E-state index < -0.39 is 59.2 Å². The van der Waals surface area contributed by atoms with Crippen LogP contribution >= 0.6 is 0 Å². The molecule has 0 saturated carbocycles. The second kappa shape index (κ2) is 21.0. The number of alkyl halides is 6. The van der Waals surface area contributed by atoms with Crippen molar-refractivity contribution in [2.24, 2.45) is 11.1 Å². The predicted octanol–water partition coefficient (Wildman–Crippen LogP) is -1.73. The van der Waals surface area contributed by atoms with Gasteiger partial charge in [-0.25, -0.2) is 9.08 Å². The maximum Gasteiger partial charge on any atom is 1.00 e. The maximum absolute atomic E-state index is 12.1. The van der Waals surface area contributed by atoms with Crippen molar-refractivity contribution in [3.05, 3.63) is 64.1 Å². The number of carboxylic acids is 2. The monoisotopic (exact) mass is 650 g/mol. The van der Waals surface area contributed by atoms with Gasteiger partial charge in [0, 0.05) is 18.8 Å². The second-order valence-electron chi connectivity index (χ2n) is 6.80. The van der Waals surface area contributed by atoms with Crippen LogP contribution in [0.5, 0.6) is 0 Å². The molecule has 3 atom stereocenters. The number of aliphatic hydroxyl groups is 1. The number of hydrogen-bond acceptors (Lipinski definition) is 13. The van der Waals surface area contributed by atoms with Crippen molar-refractivity contribution in [2.45, 2.75) is 44.8 Å². The topological polar surface area (TPSA) is 244 Å². The van der Waals surface area contributed by atoms with Crippen LogP contribution in [0.15, 0.2) is 42.0 Å². The van der Waals surface area contributed by atoms with Crippen molar-refractivity contribution in [1.29, 1.82) is 0 Å². The summed E-state index contributed by atoms with van der Waals surface area (Å²) in [5.74, 6) is -2.64. The molecule has 0 aliphatic carbocycles. The number of rotatable bonds is 10.